The molecule has 0 amide bonds. The molecule has 0 bridgehead atoms. The minimum absolute atomic E-state index is 0.519. The summed E-state index contributed by atoms with van der Waals surface area (Å²) >= 11 is -0.719. The predicted molar refractivity (Wildman–Crippen MR) is 115 cm³/mol. The molecular formula is C21H19N7OS. The van der Waals surface area contributed by atoms with Gasteiger partial charge in [0.1, 0.15) is 23.4 Å². The maximum Gasteiger partial charge on any atom is 0.128 e. The Morgan fingerprint density at radius 1 is 1.03 bits per heavy atom. The van der Waals surface area contributed by atoms with E-state index in [-0.39, 0.29) is 0 Å². The monoisotopic (exact) mass is 417 g/mol. The number of hydrogen-bond acceptors (Lipinski definition) is 6. The second-order valence-electron chi connectivity index (χ2n) is 7.25. The lowest BCUT2D eigenvalue weighted by atomic mass is 10.0. The SMILES string of the molecule is Cn1cc(-c2cc(-c3ccc(N4CC[S+]([O-])CC4)nc3)c3c(C#N)cnn3c2)cn1. The number of anilines is 1. The lowest BCUT2D eigenvalue weighted by Crippen LogP contribution is -2.40. The Balaban J connectivity index is 1.58. The van der Waals surface area contributed by atoms with Crippen LogP contribution in [0, 0.1) is 11.3 Å². The minimum atomic E-state index is -0.719. The van der Waals surface area contributed by atoms with Crippen molar-refractivity contribution in [3.05, 3.63) is 54.7 Å². The molecular weight excluding hydrogens is 398 g/mol. The van der Waals surface area contributed by atoms with Crippen LogP contribution < -0.4 is 4.90 Å². The summed E-state index contributed by atoms with van der Waals surface area (Å²) in [6.45, 7) is 1.50. The highest BCUT2D eigenvalue weighted by Gasteiger charge is 2.21. The Labute approximate surface area is 176 Å². The van der Waals surface area contributed by atoms with Crippen LogP contribution in [0.2, 0.25) is 0 Å². The van der Waals surface area contributed by atoms with Gasteiger partial charge in [0.15, 0.2) is 0 Å². The molecule has 150 valence electrons. The van der Waals surface area contributed by atoms with E-state index in [1.165, 1.54) is 0 Å². The molecule has 0 atom stereocenters. The molecule has 1 fully saturated rings. The summed E-state index contributed by atoms with van der Waals surface area (Å²) in [6, 6.07) is 8.29. The van der Waals surface area contributed by atoms with Gasteiger partial charge in [-0.15, -0.1) is 0 Å². The maximum atomic E-state index is 11.6. The number of fused-ring (bicyclic) bond motifs is 1. The van der Waals surface area contributed by atoms with E-state index in [4.69, 9.17) is 0 Å². The van der Waals surface area contributed by atoms with E-state index in [1.807, 2.05) is 37.8 Å². The zero-order valence-corrected chi connectivity index (χ0v) is 17.2. The van der Waals surface area contributed by atoms with E-state index in [9.17, 15) is 9.81 Å². The van der Waals surface area contributed by atoms with E-state index in [0.717, 1.165) is 46.7 Å². The number of pyridine rings is 2. The standard InChI is InChI=1S/C21H19N7OS/c1-26-13-18(12-24-26)16-8-19(21-17(9-22)11-25-28(21)14-16)15-2-3-20(23-10-15)27-4-6-30(29)7-5-27/h2-3,8,10-14H,4-7H2,1H3. The molecule has 4 aromatic heterocycles. The van der Waals surface area contributed by atoms with Crippen molar-refractivity contribution in [1.82, 2.24) is 24.4 Å². The van der Waals surface area contributed by atoms with Gasteiger partial charge in [-0.25, -0.2) is 9.50 Å². The molecule has 4 aromatic rings. The third-order valence-electron chi connectivity index (χ3n) is 5.33. The van der Waals surface area contributed by atoms with Gasteiger partial charge in [-0.2, -0.15) is 15.5 Å². The van der Waals surface area contributed by atoms with Crippen molar-refractivity contribution in [3.63, 3.8) is 0 Å². The first-order chi connectivity index (χ1) is 14.6. The highest BCUT2D eigenvalue weighted by Crippen LogP contribution is 2.32. The molecule has 0 radical (unpaired) electrons. The van der Waals surface area contributed by atoms with E-state index in [2.05, 4.69) is 32.2 Å². The average Bonchev–Trinajstić information content (AvgIpc) is 3.40. The molecule has 0 saturated carbocycles. The van der Waals surface area contributed by atoms with Gasteiger partial charge in [-0.3, -0.25) is 4.68 Å². The quantitative estimate of drug-likeness (QED) is 0.474. The number of rotatable bonds is 3. The van der Waals surface area contributed by atoms with Gasteiger partial charge in [0.25, 0.3) is 0 Å². The molecule has 0 unspecified atom stereocenters. The molecule has 1 aliphatic heterocycles. The Morgan fingerprint density at radius 3 is 2.53 bits per heavy atom. The molecule has 8 nitrogen and oxygen atoms in total. The van der Waals surface area contributed by atoms with Crippen LogP contribution in [0.15, 0.2) is 49.2 Å². The van der Waals surface area contributed by atoms with E-state index >= 15 is 0 Å². The number of nitrogens with zero attached hydrogens (tertiary/aromatic N) is 7. The van der Waals surface area contributed by atoms with Gasteiger partial charge in [0.2, 0.25) is 0 Å². The van der Waals surface area contributed by atoms with Gasteiger partial charge in [-0.1, -0.05) is 11.2 Å². The van der Waals surface area contributed by atoms with Gasteiger partial charge in [0.05, 0.1) is 36.6 Å². The fourth-order valence-electron chi connectivity index (χ4n) is 3.75. The third-order valence-corrected chi connectivity index (χ3v) is 6.61. The van der Waals surface area contributed by atoms with Crippen LogP contribution in [0.1, 0.15) is 5.56 Å². The highest BCUT2D eigenvalue weighted by molar-refractivity contribution is 7.91. The van der Waals surface area contributed by atoms with E-state index in [1.54, 1.807) is 21.6 Å². The minimum Gasteiger partial charge on any atom is -0.616 e. The van der Waals surface area contributed by atoms with Gasteiger partial charge < -0.3 is 9.45 Å². The van der Waals surface area contributed by atoms with Crippen LogP contribution in [0.3, 0.4) is 0 Å². The summed E-state index contributed by atoms with van der Waals surface area (Å²) in [5.74, 6) is 2.24. The van der Waals surface area contributed by atoms with Crippen LogP contribution in [0.4, 0.5) is 5.82 Å². The van der Waals surface area contributed by atoms with Crippen LogP contribution in [-0.2, 0) is 18.2 Å². The van der Waals surface area contributed by atoms with Crippen LogP contribution in [0.5, 0.6) is 0 Å². The van der Waals surface area contributed by atoms with Crippen LogP contribution in [-0.4, -0.2) is 53.5 Å². The summed E-state index contributed by atoms with van der Waals surface area (Å²) in [5, 5.41) is 18.2. The van der Waals surface area contributed by atoms with Crippen molar-refractivity contribution in [3.8, 4) is 28.3 Å². The predicted octanol–water partition coefficient (Wildman–Crippen LogP) is 2.24. The maximum absolute atomic E-state index is 11.6. The number of aromatic nitrogens is 5. The Bertz CT molecular complexity index is 1250. The Kier molecular flexibility index (Phi) is 4.65. The first-order valence-electron chi connectivity index (χ1n) is 9.59. The summed E-state index contributed by atoms with van der Waals surface area (Å²) < 4.78 is 15.1. The molecule has 5 heterocycles. The molecule has 0 aliphatic carbocycles. The van der Waals surface area contributed by atoms with Gasteiger partial charge in [0, 0.05) is 47.9 Å². The number of nitriles is 1. The zero-order chi connectivity index (χ0) is 20.7. The normalized spacial score (nSPS) is 14.9. The third kappa shape index (κ3) is 3.30. The van der Waals surface area contributed by atoms with Crippen molar-refractivity contribution in [1.29, 1.82) is 5.26 Å². The summed E-state index contributed by atoms with van der Waals surface area (Å²) in [5.41, 5.74) is 5.01. The van der Waals surface area contributed by atoms with Gasteiger partial charge >= 0.3 is 0 Å². The smallest absolute Gasteiger partial charge is 0.128 e. The molecule has 0 N–H and O–H groups in total. The second-order valence-corrected chi connectivity index (χ2v) is 8.94. The molecule has 5 rings (SSSR count). The van der Waals surface area contributed by atoms with Crippen molar-refractivity contribution in [2.24, 2.45) is 7.05 Å². The molecule has 1 aliphatic rings. The molecule has 0 aromatic carbocycles. The fraction of sp³-hybridized carbons (Fsp3) is 0.238. The zero-order valence-electron chi connectivity index (χ0n) is 16.4. The van der Waals surface area contributed by atoms with E-state index in [0.29, 0.717) is 17.1 Å². The van der Waals surface area contributed by atoms with Crippen molar-refractivity contribution in [2.45, 2.75) is 0 Å². The van der Waals surface area contributed by atoms with Crippen LogP contribution in [0.25, 0.3) is 27.8 Å². The van der Waals surface area contributed by atoms with Crippen LogP contribution >= 0.6 is 0 Å². The molecule has 9 heteroatoms. The van der Waals surface area contributed by atoms with Crippen molar-refractivity contribution >= 4 is 22.5 Å². The number of aryl methyl sites for hydroxylation is 1. The lowest BCUT2D eigenvalue weighted by Gasteiger charge is -2.29. The summed E-state index contributed by atoms with van der Waals surface area (Å²) in [6.07, 6.45) is 9.08. The topological polar surface area (TPSA) is 98.1 Å². The fourth-order valence-corrected chi connectivity index (χ4v) is 4.80. The highest BCUT2D eigenvalue weighted by atomic mass is 32.2. The van der Waals surface area contributed by atoms with Crippen molar-refractivity contribution < 1.29 is 4.55 Å². The second kappa shape index (κ2) is 7.48. The van der Waals surface area contributed by atoms with E-state index < -0.39 is 11.2 Å². The molecule has 1 saturated heterocycles. The largest absolute Gasteiger partial charge is 0.616 e. The van der Waals surface area contributed by atoms with Gasteiger partial charge in [-0.05, 0) is 18.2 Å². The molecule has 30 heavy (non-hydrogen) atoms. The number of hydrogen-bond donors (Lipinski definition) is 0. The Morgan fingerprint density at radius 2 is 1.87 bits per heavy atom. The Hall–Kier alpha value is -3.35. The summed E-state index contributed by atoms with van der Waals surface area (Å²) in [7, 11) is 1.88. The molecule has 0 spiro atoms. The first-order valence-corrected chi connectivity index (χ1v) is 11.1. The van der Waals surface area contributed by atoms with Crippen molar-refractivity contribution in [2.75, 3.05) is 29.5 Å². The summed E-state index contributed by atoms with van der Waals surface area (Å²) in [4.78, 5) is 6.81. The average molecular weight is 417 g/mol. The lowest BCUT2D eigenvalue weighted by molar-refractivity contribution is 0.585. The first kappa shape index (κ1) is 18.7.